The van der Waals surface area contributed by atoms with Crippen LogP contribution in [0.3, 0.4) is 0 Å². The molecule has 0 aliphatic carbocycles. The lowest BCUT2D eigenvalue weighted by Gasteiger charge is -2.47. The molecule has 3 aliphatic rings. The van der Waals surface area contributed by atoms with E-state index >= 15 is 0 Å². The molecule has 3 saturated heterocycles. The van der Waals surface area contributed by atoms with Crippen LogP contribution in [0.25, 0.3) is 0 Å². The van der Waals surface area contributed by atoms with Crippen molar-refractivity contribution in [2.75, 3.05) is 6.61 Å². The maximum Gasteiger partial charge on any atom is 0.330 e. The Hall–Kier alpha value is -3.12. The summed E-state index contributed by atoms with van der Waals surface area (Å²) in [5, 5.41) is 91.4. The van der Waals surface area contributed by atoms with Crippen LogP contribution in [0.4, 0.5) is 0 Å². The van der Waals surface area contributed by atoms with Crippen molar-refractivity contribution in [1.29, 1.82) is 0 Å². The molecule has 0 unspecified atom stereocenters. The number of hydrogen-bond donors (Lipinski definition) is 11. The molecule has 4 heterocycles. The Kier molecular flexibility index (Phi) is 18.9. The molecule has 15 atom stereocenters. The fourth-order valence-electron chi connectivity index (χ4n) is 7.50. The summed E-state index contributed by atoms with van der Waals surface area (Å²) in [6, 6.07) is -2.01. The standard InChI is InChI=1S/C38H62N4O16/c1-3-4-5-6-7-8-9-10-11-12-13-14-15-24(46)40-27-31(51)28(48)22(55-37(27)58-36-26(39-20(2)44)30(50)29(49)23(19-43)56-36)18-21(45)34-32(52)33(53)35(57-34)42-17-16-25(47)41-38(42)54/h14-17,21-23,26-37,43,45,48-53H,3-13,18-19H2,1-2H3,(H,39,44)(H,40,46)(H,41,47,54)/b15-14+/t21-,22-,23+,26+,27-,28+,29+,30+,31-,32+,33-,34-,35-,36+,37+/m1/s1. The van der Waals surface area contributed by atoms with E-state index in [0.717, 1.165) is 49.4 Å². The van der Waals surface area contributed by atoms with Gasteiger partial charge in [0.1, 0.15) is 60.9 Å². The number of rotatable bonds is 21. The third-order valence-electron chi connectivity index (χ3n) is 10.8. The van der Waals surface area contributed by atoms with Crippen molar-refractivity contribution in [2.45, 2.75) is 183 Å². The molecule has 0 bridgehead atoms. The SMILES string of the molecule is CCCCCCCCCCCC/C=C/C(=O)N[C@H]1[C@H](O[C@@H]2O[C@@H](CO)[C@H](O)[C@@H](O)[C@@H]2NC(C)=O)O[C@H](C[C@@H](O)[C@H]2O[C@@H](n3ccc(=O)[nH]c3=O)[C@H](O)[C@@H]2O)[C@H](O)[C@@H]1O. The smallest absolute Gasteiger partial charge is 0.330 e. The van der Waals surface area contributed by atoms with Crippen LogP contribution in [0.5, 0.6) is 0 Å². The Morgan fingerprint density at radius 1 is 0.810 bits per heavy atom. The fraction of sp³-hybridized carbons (Fsp3) is 0.789. The molecule has 3 fully saturated rings. The molecule has 330 valence electrons. The number of ether oxygens (including phenoxy) is 4. The molecule has 0 spiro atoms. The Balaban J connectivity index is 1.46. The predicted octanol–water partition coefficient (Wildman–Crippen LogP) is -2.33. The first-order valence-corrected chi connectivity index (χ1v) is 20.2. The average molecular weight is 831 g/mol. The molecule has 0 radical (unpaired) electrons. The Morgan fingerprint density at radius 3 is 1.97 bits per heavy atom. The van der Waals surface area contributed by atoms with Crippen molar-refractivity contribution in [2.24, 2.45) is 0 Å². The molecule has 2 amide bonds. The lowest BCUT2D eigenvalue weighted by atomic mass is 9.91. The summed E-state index contributed by atoms with van der Waals surface area (Å²) in [6.45, 7) is 2.54. The van der Waals surface area contributed by atoms with Gasteiger partial charge in [-0.05, 0) is 18.9 Å². The summed E-state index contributed by atoms with van der Waals surface area (Å²) in [5.41, 5.74) is -1.68. The zero-order valence-electron chi connectivity index (χ0n) is 33.0. The van der Waals surface area contributed by atoms with E-state index < -0.39 is 128 Å². The van der Waals surface area contributed by atoms with Gasteiger partial charge >= 0.3 is 5.69 Å². The van der Waals surface area contributed by atoms with Gasteiger partial charge < -0.3 is 70.4 Å². The fourth-order valence-corrected chi connectivity index (χ4v) is 7.50. The number of nitrogens with one attached hydrogen (secondary N) is 3. The molecule has 0 saturated carbocycles. The molecule has 1 aromatic heterocycles. The van der Waals surface area contributed by atoms with E-state index in [9.17, 15) is 60.0 Å². The summed E-state index contributed by atoms with van der Waals surface area (Å²) < 4.78 is 24.1. The number of carbonyl (C=O) groups is 2. The minimum atomic E-state index is -1.85. The maximum absolute atomic E-state index is 13.1. The number of aliphatic hydroxyl groups is 8. The van der Waals surface area contributed by atoms with Crippen LogP contribution in [0, 0.1) is 0 Å². The second kappa shape index (κ2) is 23.0. The topological polar surface area (TPSA) is 312 Å². The van der Waals surface area contributed by atoms with Crippen LogP contribution in [0.2, 0.25) is 0 Å². The highest BCUT2D eigenvalue weighted by Gasteiger charge is 2.53. The van der Waals surface area contributed by atoms with Gasteiger partial charge in [-0.2, -0.15) is 0 Å². The zero-order chi connectivity index (χ0) is 42.5. The number of amides is 2. The second-order valence-electron chi connectivity index (χ2n) is 15.3. The lowest BCUT2D eigenvalue weighted by Crippen LogP contribution is -2.68. The number of unbranched alkanes of at least 4 members (excludes halogenated alkanes) is 10. The van der Waals surface area contributed by atoms with Gasteiger partial charge in [0.15, 0.2) is 18.8 Å². The molecular formula is C38H62N4O16. The van der Waals surface area contributed by atoms with E-state index in [4.69, 9.17) is 18.9 Å². The number of aromatic amines is 1. The van der Waals surface area contributed by atoms with Gasteiger partial charge in [-0.1, -0.05) is 70.8 Å². The Labute approximate surface area is 335 Å². The van der Waals surface area contributed by atoms with Crippen molar-refractivity contribution >= 4 is 11.8 Å². The van der Waals surface area contributed by atoms with E-state index in [1.807, 2.05) is 4.98 Å². The van der Waals surface area contributed by atoms with Crippen molar-refractivity contribution in [1.82, 2.24) is 20.2 Å². The van der Waals surface area contributed by atoms with Gasteiger partial charge in [-0.25, -0.2) is 4.79 Å². The van der Waals surface area contributed by atoms with Gasteiger partial charge in [0.05, 0.1) is 18.8 Å². The van der Waals surface area contributed by atoms with Gasteiger partial charge in [0.2, 0.25) is 11.8 Å². The maximum atomic E-state index is 13.1. The Bertz CT molecular complexity index is 1580. The van der Waals surface area contributed by atoms with Crippen molar-refractivity contribution in [3.63, 3.8) is 0 Å². The molecule has 58 heavy (non-hydrogen) atoms. The van der Waals surface area contributed by atoms with E-state index in [0.29, 0.717) is 6.42 Å². The minimum Gasteiger partial charge on any atom is -0.394 e. The summed E-state index contributed by atoms with van der Waals surface area (Å²) in [7, 11) is 0. The molecule has 4 rings (SSSR count). The Morgan fingerprint density at radius 2 is 1.38 bits per heavy atom. The van der Waals surface area contributed by atoms with E-state index in [2.05, 4.69) is 17.6 Å². The van der Waals surface area contributed by atoms with Crippen molar-refractivity contribution in [3.05, 3.63) is 45.3 Å². The molecule has 0 aromatic carbocycles. The number of nitrogens with zero attached hydrogens (tertiary/aromatic N) is 1. The first-order valence-electron chi connectivity index (χ1n) is 20.2. The number of allylic oxidation sites excluding steroid dienone is 1. The van der Waals surface area contributed by atoms with Crippen LogP contribution in [0.15, 0.2) is 34.0 Å². The summed E-state index contributed by atoms with van der Waals surface area (Å²) in [5.74, 6) is -1.35. The summed E-state index contributed by atoms with van der Waals surface area (Å²) in [4.78, 5) is 51.1. The van der Waals surface area contributed by atoms with Gasteiger partial charge in [0.25, 0.3) is 5.56 Å². The quantitative estimate of drug-likeness (QED) is 0.0457. The van der Waals surface area contributed by atoms with E-state index in [-0.39, 0.29) is 0 Å². The molecule has 11 N–H and O–H groups in total. The van der Waals surface area contributed by atoms with E-state index in [1.54, 1.807) is 6.08 Å². The van der Waals surface area contributed by atoms with Crippen LogP contribution in [0.1, 0.15) is 97.1 Å². The highest BCUT2D eigenvalue weighted by Crippen LogP contribution is 2.34. The van der Waals surface area contributed by atoms with Crippen molar-refractivity contribution in [3.8, 4) is 0 Å². The van der Waals surface area contributed by atoms with Gasteiger partial charge in [0, 0.05) is 25.6 Å². The first kappa shape index (κ1) is 47.6. The van der Waals surface area contributed by atoms with Crippen molar-refractivity contribution < 1.29 is 69.4 Å². The third-order valence-corrected chi connectivity index (χ3v) is 10.8. The van der Waals surface area contributed by atoms with E-state index in [1.165, 1.54) is 44.6 Å². The second-order valence-corrected chi connectivity index (χ2v) is 15.3. The number of aromatic nitrogens is 2. The first-order chi connectivity index (χ1) is 27.7. The number of hydrogen-bond acceptors (Lipinski definition) is 16. The van der Waals surface area contributed by atoms with Crippen LogP contribution >= 0.6 is 0 Å². The number of H-pyrrole nitrogens is 1. The summed E-state index contributed by atoms with van der Waals surface area (Å²) in [6.07, 6.45) is -6.36. The monoisotopic (exact) mass is 830 g/mol. The normalized spacial score (nSPS) is 34.6. The number of carbonyl (C=O) groups excluding carboxylic acids is 2. The minimum absolute atomic E-state index is 0.597. The molecule has 20 nitrogen and oxygen atoms in total. The van der Waals surface area contributed by atoms with Crippen LogP contribution < -0.4 is 21.9 Å². The third kappa shape index (κ3) is 12.7. The zero-order valence-corrected chi connectivity index (χ0v) is 33.0. The largest absolute Gasteiger partial charge is 0.394 e. The molecular weight excluding hydrogens is 768 g/mol. The van der Waals surface area contributed by atoms with Crippen LogP contribution in [-0.4, -0.2) is 155 Å². The lowest BCUT2D eigenvalue weighted by molar-refractivity contribution is -0.346. The van der Waals surface area contributed by atoms with Crippen LogP contribution in [-0.2, 0) is 28.5 Å². The molecule has 20 heteroatoms. The van der Waals surface area contributed by atoms with Gasteiger partial charge in [-0.3, -0.25) is 23.9 Å². The predicted molar refractivity (Wildman–Crippen MR) is 203 cm³/mol. The van der Waals surface area contributed by atoms with Gasteiger partial charge in [-0.15, -0.1) is 0 Å². The molecule has 3 aliphatic heterocycles. The number of aliphatic hydroxyl groups excluding tert-OH is 8. The average Bonchev–Trinajstić information content (AvgIpc) is 3.48. The highest BCUT2D eigenvalue weighted by molar-refractivity contribution is 5.87. The summed E-state index contributed by atoms with van der Waals surface area (Å²) >= 11 is 0. The highest BCUT2D eigenvalue weighted by atomic mass is 16.8. The molecule has 1 aromatic rings.